The number of amides is 1. The maximum Gasteiger partial charge on any atom is 0.416 e. The molecule has 1 amide bonds. The number of likely N-dealkylation sites (N-methyl/N-ethyl adjacent to an activating group) is 1. The van der Waals surface area contributed by atoms with E-state index >= 15 is 0 Å². The molecule has 1 fully saturated rings. The number of halogens is 5. The van der Waals surface area contributed by atoms with Gasteiger partial charge in [0.05, 0.1) is 67.8 Å². The first-order valence-electron chi connectivity index (χ1n) is 49.6. The van der Waals surface area contributed by atoms with Crippen molar-refractivity contribution in [2.24, 2.45) is 12.5 Å². The summed E-state index contributed by atoms with van der Waals surface area (Å²) in [6, 6.07) is 43.9. The number of alkyl halides is 3. The van der Waals surface area contributed by atoms with Crippen molar-refractivity contribution in [2.75, 3.05) is 50.0 Å². The van der Waals surface area contributed by atoms with E-state index in [0.29, 0.717) is 16.4 Å². The van der Waals surface area contributed by atoms with Gasteiger partial charge >= 0.3 is 6.18 Å². The lowest BCUT2D eigenvalue weighted by Crippen LogP contribution is -2.44. The van der Waals surface area contributed by atoms with Gasteiger partial charge in [-0.2, -0.15) is 38.7 Å². The predicted molar refractivity (Wildman–Crippen MR) is 598 cm³/mol. The summed E-state index contributed by atoms with van der Waals surface area (Å²) >= 11 is 1.54. The lowest BCUT2D eigenvalue weighted by molar-refractivity contribution is -0.138. The number of H-pyrrole nitrogens is 5. The first-order chi connectivity index (χ1) is 66.3. The molecule has 0 spiro atoms. The zero-order chi connectivity index (χ0) is 110. The molecule has 0 aliphatic carbocycles. The minimum atomic E-state index is -4.45. The predicted octanol–water partition coefficient (Wildman–Crippen LogP) is 29.8. The number of nitrogens with one attached hydrogen (secondary N) is 6. The molecule has 15 aromatic rings. The Hall–Kier alpha value is -12.1. The van der Waals surface area contributed by atoms with E-state index in [0.717, 1.165) is 87.5 Å². The van der Waals surface area contributed by atoms with Gasteiger partial charge in [0.25, 0.3) is 0 Å². The number of rotatable bonds is 3. The third-order valence-electron chi connectivity index (χ3n) is 24.2. The van der Waals surface area contributed by atoms with Gasteiger partial charge in [-0.25, -0.2) is 13.8 Å². The largest absolute Gasteiger partial charge is 0.508 e. The first kappa shape index (κ1) is 122. The highest BCUT2D eigenvalue weighted by Gasteiger charge is 2.36. The Morgan fingerprint density at radius 3 is 1.39 bits per heavy atom. The number of fused-ring (bicyclic) bond motifs is 4. The number of piperazine rings is 1. The Kier molecular flexibility index (Phi) is 41.4. The molecule has 9 heterocycles. The van der Waals surface area contributed by atoms with Crippen LogP contribution < -0.4 is 16.8 Å². The van der Waals surface area contributed by atoms with Crippen LogP contribution in [0.25, 0.3) is 43.1 Å². The second-order valence-corrected chi connectivity index (χ2v) is 49.9. The monoisotopic (exact) mass is 2010 g/mol. The van der Waals surface area contributed by atoms with Crippen molar-refractivity contribution >= 4 is 76.8 Å². The van der Waals surface area contributed by atoms with Crippen LogP contribution in [0.15, 0.2) is 183 Å². The third kappa shape index (κ3) is 38.4. The van der Waals surface area contributed by atoms with E-state index < -0.39 is 17.2 Å². The Labute approximate surface area is 864 Å². The molecule has 27 heteroatoms. The number of carbonyl (C=O) groups is 1. The van der Waals surface area contributed by atoms with Crippen LogP contribution >= 0.6 is 11.3 Å². The molecule has 0 radical (unpaired) electrons. The molecule has 0 bridgehead atoms. The van der Waals surface area contributed by atoms with Crippen molar-refractivity contribution in [3.05, 3.63) is 284 Å². The molecule has 1 aliphatic rings. The second-order valence-electron chi connectivity index (χ2n) is 48.8. The topological polar surface area (TPSA) is 302 Å². The lowest BCUT2D eigenvalue weighted by Gasteiger charge is -2.33. The number of hydrogen-bond acceptors (Lipinski definition) is 15. The van der Waals surface area contributed by atoms with E-state index in [9.17, 15) is 26.7 Å². The number of carbonyl (C=O) groups excluding carboxylic acids is 1. The number of aromatic hydroxyl groups is 2. The van der Waals surface area contributed by atoms with E-state index in [4.69, 9.17) is 21.7 Å². The van der Waals surface area contributed by atoms with E-state index in [1.165, 1.54) is 96.2 Å². The lowest BCUT2D eigenvalue weighted by atomic mass is 9.86. The maximum atomic E-state index is 13.5. The highest BCUT2D eigenvalue weighted by Crippen LogP contribution is 2.39. The molecule has 1 saturated heterocycles. The van der Waals surface area contributed by atoms with Gasteiger partial charge in [-0.1, -0.05) is 288 Å². The number of phenolic OH excluding ortho intramolecular Hbond substituents is 2. The average molecular weight is 2010 g/mol. The molecule has 12 N–H and O–H groups in total. The Morgan fingerprint density at radius 2 is 0.931 bits per heavy atom. The summed E-state index contributed by atoms with van der Waals surface area (Å²) in [5.74, 6) is -0.684. The van der Waals surface area contributed by atoms with Crippen LogP contribution in [0.1, 0.15) is 318 Å². The molecule has 0 atom stereocenters. The number of pyridine rings is 1. The van der Waals surface area contributed by atoms with Crippen molar-refractivity contribution in [3.63, 3.8) is 0 Å². The number of anilines is 3. The van der Waals surface area contributed by atoms with Crippen molar-refractivity contribution < 1.29 is 37.0 Å². The molecule has 0 unspecified atom stereocenters. The minimum absolute atomic E-state index is 0.0193. The van der Waals surface area contributed by atoms with Crippen molar-refractivity contribution in [2.45, 2.75) is 323 Å². The molecular weight excluding hydrogens is 1840 g/mol. The summed E-state index contributed by atoms with van der Waals surface area (Å²) in [5, 5.41) is 55.9. The van der Waals surface area contributed by atoms with Gasteiger partial charge < -0.3 is 36.9 Å². The number of nitrogens with two attached hydrogens (primary N) is 2. The van der Waals surface area contributed by atoms with Crippen LogP contribution in [-0.2, 0) is 78.7 Å². The number of aromatic amines is 5. The summed E-state index contributed by atoms with van der Waals surface area (Å²) in [7, 11) is 3.97. The number of aryl methyl sites for hydroxylation is 5. The van der Waals surface area contributed by atoms with E-state index in [2.05, 4.69) is 324 Å². The third-order valence-corrected chi connectivity index (χ3v) is 25.1. The number of nitrogens with zero attached hydrogens (tertiary/aromatic N) is 10. The molecule has 1 aliphatic heterocycles. The van der Waals surface area contributed by atoms with Crippen LogP contribution in [-0.4, -0.2) is 125 Å². The molecule has 145 heavy (non-hydrogen) atoms. The van der Waals surface area contributed by atoms with Gasteiger partial charge in [0.1, 0.15) is 23.1 Å². The first-order valence-corrected chi connectivity index (χ1v) is 50.4. The molecule has 21 nitrogen and oxygen atoms in total. The van der Waals surface area contributed by atoms with Gasteiger partial charge in [0, 0.05) is 109 Å². The van der Waals surface area contributed by atoms with Crippen molar-refractivity contribution in [1.82, 2.24) is 75.3 Å². The maximum absolute atomic E-state index is 13.5. The number of hydrogen-bond donors (Lipinski definition) is 10. The van der Waals surface area contributed by atoms with Crippen LogP contribution in [0.4, 0.5) is 38.5 Å². The Bertz CT molecular complexity index is 6540. The van der Waals surface area contributed by atoms with Crippen LogP contribution in [0, 0.1) is 44.7 Å². The summed E-state index contributed by atoms with van der Waals surface area (Å²) in [6.45, 7) is 81.4. The minimum Gasteiger partial charge on any atom is -0.508 e. The zero-order valence-electron chi connectivity index (χ0n) is 94.1. The molecule has 8 aromatic heterocycles. The number of benzene rings is 7. The SMILES string of the molecule is CC(C)(C)c1c[nH]c2cccnc12.CC(C)(C)c1ccc(N)c(F)c1.CC(C)(C)c1ccc(O)cc1.CC(C)(C)c1ccc(O)cc1F.CC(C)(C)c1ccc2[nH]ncc2c1.CC(C)(C)c1ccc2sc(N)nc2c1.CN1CCN(Cc2ccc(NC(=O)C(C)(C)C)cc2C(F)(F)F)CC1.Cc1[nH]nc2ccc(C(C)(C)C)cc12.Cc1[nH]ncc1C(C)(C)C.Cc1[nH]ncc1C(C)(C)C.Cc1nn(C)cc1C(C)(C)C. The summed E-state index contributed by atoms with van der Waals surface area (Å²) in [4.78, 5) is 28.1. The van der Waals surface area contributed by atoms with Gasteiger partial charge in [-0.3, -0.25) is 39.8 Å². The second kappa shape index (κ2) is 49.4. The highest BCUT2D eigenvalue weighted by atomic mass is 32.1. The highest BCUT2D eigenvalue weighted by molar-refractivity contribution is 7.22. The fourth-order valence-electron chi connectivity index (χ4n) is 15.2. The van der Waals surface area contributed by atoms with Crippen LogP contribution in [0.5, 0.6) is 11.5 Å². The standard InChI is InChI=1S/C18H26F3N3O.C12H16N2.C11H14N2S.2C11H14N2.C10H14FN.C10H13FO.C10H14O.C9H16N2.2C8H14N2/c1-17(2,3)16(25)22-14-6-5-13(15(11-14)18(19,20)21)12-24-9-7-23(4)8-10-24;1-8-10-7-9(12(2,3)4)5-6-11(10)14-13-8;1-11(2,3)7-4-5-9-8(6-7)13-10(12)14-9;1-11(2,3)9-4-5-10-8(6-9)7-12-13-10;1-11(2,3)8-7-13-9-5-4-6-12-10(8)9;1-10(2,3)7-4-5-9(12)8(11)6-7;1-10(2,3)8-5-4-7(12)6-9(8)11;1-10(2,3)8-4-6-9(11)7-5-8;1-7-8(9(2,3)4)6-11(5)10-7;2*1-6-7(5-9-10-6)8(2,3)4/h5-6,11H,7-10,12H2,1-4H3,(H,22,25);5-7H,1-4H3,(H,13,14);4-6H,1-3H3,(H2,12,13);4-7H,1-3H3,(H,12,13);4-7,13H,1-3H3;4-6H,12H2,1-3H3;4-6,12H,1-3H3;4-7,11H,1-3H3;6H,1-5H3;2*5H,1-4H3,(H,9,10). The van der Waals surface area contributed by atoms with E-state index in [-0.39, 0.29) is 101 Å². The molecule has 7 aromatic carbocycles. The van der Waals surface area contributed by atoms with Gasteiger partial charge in [0.2, 0.25) is 5.91 Å². The zero-order valence-corrected chi connectivity index (χ0v) is 94.9. The fourth-order valence-corrected chi connectivity index (χ4v) is 15.9. The smallest absolute Gasteiger partial charge is 0.416 e. The number of thiazole rings is 1. The van der Waals surface area contributed by atoms with Crippen LogP contribution in [0.3, 0.4) is 0 Å². The van der Waals surface area contributed by atoms with Crippen LogP contribution in [0.2, 0.25) is 0 Å². The average Bonchev–Trinajstić information content (AvgIpc) is 1.52. The summed E-state index contributed by atoms with van der Waals surface area (Å²) in [5.41, 5.74) is 33.7. The summed E-state index contributed by atoms with van der Waals surface area (Å²) in [6.07, 6.45) is 7.19. The number of nitrogen functional groups attached to an aromatic ring is 2. The fraction of sp³-hybridized carbons (Fsp3) is 0.475. The van der Waals surface area contributed by atoms with Gasteiger partial charge in [-0.05, 0) is 236 Å². The molecule has 790 valence electrons. The van der Waals surface area contributed by atoms with E-state index in [1.54, 1.807) is 51.1 Å². The normalized spacial score (nSPS) is 13.0. The van der Waals surface area contributed by atoms with E-state index in [1.807, 2.05) is 128 Å². The van der Waals surface area contributed by atoms with Crippen molar-refractivity contribution in [3.8, 4) is 11.5 Å². The molecule has 16 rings (SSSR count). The van der Waals surface area contributed by atoms with Crippen molar-refractivity contribution in [1.29, 1.82) is 0 Å². The quantitative estimate of drug-likeness (QED) is 0.0581. The van der Waals surface area contributed by atoms with Gasteiger partial charge in [-0.15, -0.1) is 0 Å². The number of aromatic nitrogens is 13. The number of phenols is 2. The Morgan fingerprint density at radius 1 is 0.448 bits per heavy atom. The molecular formula is C118H169F5N18O3S. The molecule has 0 saturated carbocycles. The van der Waals surface area contributed by atoms with Gasteiger partial charge in [0.15, 0.2) is 5.13 Å². The Balaban J connectivity index is 0.000000247. The summed E-state index contributed by atoms with van der Waals surface area (Å²) < 4.78 is 69.6.